The molecule has 0 aliphatic heterocycles. The molecule has 0 atom stereocenters. The Labute approximate surface area is 122 Å². The van der Waals surface area contributed by atoms with Crippen molar-refractivity contribution < 1.29 is 23.8 Å². The number of hydrogen-bond acceptors (Lipinski definition) is 3. The minimum Gasteiger partial charge on any atom is -0.497 e. The van der Waals surface area contributed by atoms with Crippen LogP contribution in [0.2, 0.25) is 0 Å². The number of carboxylic acid groups (broad SMARTS) is 1. The van der Waals surface area contributed by atoms with Gasteiger partial charge < -0.3 is 14.6 Å². The number of hydrogen-bond donors (Lipinski definition) is 1. The Morgan fingerprint density at radius 3 is 2.55 bits per heavy atom. The predicted molar refractivity (Wildman–Crippen MR) is 74.1 cm³/mol. The first-order valence-corrected chi connectivity index (χ1v) is 6.35. The molecule has 4 nitrogen and oxygen atoms in total. The average Bonchev–Trinajstić information content (AvgIpc) is 2.41. The van der Waals surface area contributed by atoms with E-state index >= 15 is 0 Å². The van der Waals surface area contributed by atoms with Gasteiger partial charge in [-0.25, -0.2) is 9.18 Å². The fourth-order valence-corrected chi connectivity index (χ4v) is 1.90. The third-order valence-electron chi connectivity index (χ3n) is 2.53. The Balaban J connectivity index is 2.43. The monoisotopic (exact) mass is 340 g/mol. The van der Waals surface area contributed by atoms with Crippen LogP contribution in [0.3, 0.4) is 0 Å². The number of ether oxygens (including phenoxy) is 2. The Morgan fingerprint density at radius 1 is 1.20 bits per heavy atom. The number of halogens is 2. The van der Waals surface area contributed by atoms with E-state index in [0.717, 1.165) is 0 Å². The second-order valence-electron chi connectivity index (χ2n) is 3.84. The van der Waals surface area contributed by atoms with Crippen molar-refractivity contribution >= 4 is 21.9 Å². The highest BCUT2D eigenvalue weighted by molar-refractivity contribution is 9.10. The Bertz CT molecular complexity index is 658. The van der Waals surface area contributed by atoms with Gasteiger partial charge in [0.15, 0.2) is 11.6 Å². The van der Waals surface area contributed by atoms with Crippen LogP contribution in [0.25, 0.3) is 0 Å². The van der Waals surface area contributed by atoms with Crippen molar-refractivity contribution in [2.45, 2.75) is 0 Å². The maximum atomic E-state index is 13.7. The zero-order valence-corrected chi connectivity index (χ0v) is 12.0. The second-order valence-corrected chi connectivity index (χ2v) is 4.76. The van der Waals surface area contributed by atoms with Crippen molar-refractivity contribution in [2.75, 3.05) is 7.11 Å². The molecule has 0 saturated carbocycles. The molecule has 104 valence electrons. The lowest BCUT2D eigenvalue weighted by Crippen LogP contribution is -2.01. The molecule has 0 unspecified atom stereocenters. The molecule has 0 aromatic heterocycles. The van der Waals surface area contributed by atoms with Gasteiger partial charge in [-0.3, -0.25) is 0 Å². The molecule has 0 amide bonds. The van der Waals surface area contributed by atoms with Crippen LogP contribution in [0.4, 0.5) is 4.39 Å². The molecule has 2 rings (SSSR count). The predicted octanol–water partition coefficient (Wildman–Crippen LogP) is 4.09. The lowest BCUT2D eigenvalue weighted by Gasteiger charge is -2.11. The van der Waals surface area contributed by atoms with Crippen molar-refractivity contribution in [1.82, 2.24) is 0 Å². The summed E-state index contributed by atoms with van der Waals surface area (Å²) in [6.07, 6.45) is 0. The molecule has 0 radical (unpaired) electrons. The highest BCUT2D eigenvalue weighted by Gasteiger charge is 2.15. The van der Waals surface area contributed by atoms with Gasteiger partial charge in [-0.2, -0.15) is 0 Å². The number of methoxy groups -OCH3 is 1. The highest BCUT2D eigenvalue weighted by atomic mass is 79.9. The summed E-state index contributed by atoms with van der Waals surface area (Å²) in [4.78, 5) is 11.1. The number of aromatic carboxylic acids is 1. The molecule has 1 N–H and O–H groups in total. The fourth-order valence-electron chi connectivity index (χ4n) is 1.57. The SMILES string of the molecule is COc1ccc(C(=O)O)c(Oc2ccc(Br)cc2F)c1. The Morgan fingerprint density at radius 2 is 1.95 bits per heavy atom. The van der Waals surface area contributed by atoms with E-state index in [1.54, 1.807) is 6.07 Å². The summed E-state index contributed by atoms with van der Waals surface area (Å²) in [5.74, 6) is -1.40. The zero-order chi connectivity index (χ0) is 14.7. The van der Waals surface area contributed by atoms with Gasteiger partial charge in [-0.05, 0) is 30.3 Å². The van der Waals surface area contributed by atoms with Crippen molar-refractivity contribution in [3.8, 4) is 17.2 Å². The molecule has 0 aliphatic carbocycles. The van der Waals surface area contributed by atoms with Crippen molar-refractivity contribution in [1.29, 1.82) is 0 Å². The summed E-state index contributed by atoms with van der Waals surface area (Å²) in [5.41, 5.74) is -0.0758. The molecule has 6 heteroatoms. The minimum absolute atomic E-state index is 0.0121. The largest absolute Gasteiger partial charge is 0.497 e. The molecule has 0 spiro atoms. The minimum atomic E-state index is -1.17. The smallest absolute Gasteiger partial charge is 0.339 e. The van der Waals surface area contributed by atoms with Crippen LogP contribution >= 0.6 is 15.9 Å². The summed E-state index contributed by atoms with van der Waals surface area (Å²) >= 11 is 3.13. The summed E-state index contributed by atoms with van der Waals surface area (Å²) < 4.78 is 24.6. The molecule has 2 aromatic carbocycles. The van der Waals surface area contributed by atoms with Crippen molar-refractivity contribution in [3.05, 3.63) is 52.3 Å². The van der Waals surface area contributed by atoms with Crippen LogP contribution in [0, 0.1) is 5.82 Å². The first-order chi connectivity index (χ1) is 9.51. The van der Waals surface area contributed by atoms with E-state index in [0.29, 0.717) is 10.2 Å². The molecule has 0 saturated heterocycles. The fraction of sp³-hybridized carbons (Fsp3) is 0.0714. The van der Waals surface area contributed by atoms with Gasteiger partial charge in [-0.15, -0.1) is 0 Å². The van der Waals surface area contributed by atoms with Crippen LogP contribution in [0.15, 0.2) is 40.9 Å². The molecular formula is C14H10BrFO4. The molecular weight excluding hydrogens is 331 g/mol. The van der Waals surface area contributed by atoms with E-state index in [4.69, 9.17) is 14.6 Å². The summed E-state index contributed by atoms with van der Waals surface area (Å²) in [5, 5.41) is 9.10. The number of carbonyl (C=O) groups is 1. The number of rotatable bonds is 4. The van der Waals surface area contributed by atoms with E-state index in [1.807, 2.05) is 0 Å². The molecule has 0 heterocycles. The van der Waals surface area contributed by atoms with Crippen LogP contribution in [0.1, 0.15) is 10.4 Å². The highest BCUT2D eigenvalue weighted by Crippen LogP contribution is 2.31. The average molecular weight is 341 g/mol. The van der Waals surface area contributed by atoms with Gasteiger partial charge in [-0.1, -0.05) is 15.9 Å². The number of benzene rings is 2. The van der Waals surface area contributed by atoms with Gasteiger partial charge in [0.25, 0.3) is 0 Å². The van der Waals surface area contributed by atoms with E-state index in [2.05, 4.69) is 15.9 Å². The summed E-state index contributed by atoms with van der Waals surface area (Å²) in [7, 11) is 1.44. The first kappa shape index (κ1) is 14.3. The van der Waals surface area contributed by atoms with Crippen molar-refractivity contribution in [3.63, 3.8) is 0 Å². The van der Waals surface area contributed by atoms with Crippen LogP contribution in [-0.4, -0.2) is 18.2 Å². The van der Waals surface area contributed by atoms with E-state index in [-0.39, 0.29) is 17.1 Å². The topological polar surface area (TPSA) is 55.8 Å². The van der Waals surface area contributed by atoms with Gasteiger partial charge in [0.2, 0.25) is 0 Å². The van der Waals surface area contributed by atoms with Crippen LogP contribution in [0.5, 0.6) is 17.2 Å². The van der Waals surface area contributed by atoms with Gasteiger partial charge >= 0.3 is 5.97 Å². The molecule has 2 aromatic rings. The third kappa shape index (κ3) is 3.08. The quantitative estimate of drug-likeness (QED) is 0.910. The Kier molecular flexibility index (Phi) is 4.24. The summed E-state index contributed by atoms with van der Waals surface area (Å²) in [6.45, 7) is 0. The number of carboxylic acids is 1. The standard InChI is InChI=1S/C14H10BrFO4/c1-19-9-3-4-10(14(17)18)13(7-9)20-12-5-2-8(15)6-11(12)16/h2-7H,1H3,(H,17,18). The van der Waals surface area contributed by atoms with E-state index in [9.17, 15) is 9.18 Å². The zero-order valence-electron chi connectivity index (χ0n) is 10.4. The molecule has 0 aliphatic rings. The molecule has 0 fully saturated rings. The first-order valence-electron chi connectivity index (χ1n) is 5.55. The second kappa shape index (κ2) is 5.92. The van der Waals surface area contributed by atoms with Gasteiger partial charge in [0.05, 0.1) is 7.11 Å². The van der Waals surface area contributed by atoms with E-state index < -0.39 is 11.8 Å². The normalized spacial score (nSPS) is 10.2. The maximum Gasteiger partial charge on any atom is 0.339 e. The summed E-state index contributed by atoms with van der Waals surface area (Å²) in [6, 6.07) is 8.46. The van der Waals surface area contributed by atoms with Crippen LogP contribution in [-0.2, 0) is 0 Å². The van der Waals surface area contributed by atoms with Crippen molar-refractivity contribution in [2.24, 2.45) is 0 Å². The maximum absolute atomic E-state index is 13.7. The van der Waals surface area contributed by atoms with Gasteiger partial charge in [0, 0.05) is 10.5 Å². The lowest BCUT2D eigenvalue weighted by atomic mass is 10.2. The lowest BCUT2D eigenvalue weighted by molar-refractivity contribution is 0.0694. The third-order valence-corrected chi connectivity index (χ3v) is 3.03. The molecule has 0 bridgehead atoms. The van der Waals surface area contributed by atoms with Gasteiger partial charge in [0.1, 0.15) is 17.1 Å². The Hall–Kier alpha value is -2.08. The van der Waals surface area contributed by atoms with Crippen LogP contribution < -0.4 is 9.47 Å². The molecule has 20 heavy (non-hydrogen) atoms. The van der Waals surface area contributed by atoms with E-state index in [1.165, 1.54) is 37.4 Å².